The first-order chi connectivity index (χ1) is 9.45. The number of hydrogen-bond donors (Lipinski definition) is 2. The van der Waals surface area contributed by atoms with Crippen LogP contribution in [-0.2, 0) is 16.0 Å². The minimum absolute atomic E-state index is 0.00953. The number of carbonyl (C=O) groups is 2. The maximum Gasteiger partial charge on any atom is 0.303 e. The Balaban J connectivity index is 2.12. The SMILES string of the molecule is CC(C)Oc1ccc2c(c1)CC(CCC(=O)O)C(=O)N2. The molecule has 1 atom stereocenters. The zero-order valence-electron chi connectivity index (χ0n) is 11.7. The van der Waals surface area contributed by atoms with Gasteiger partial charge in [-0.3, -0.25) is 9.59 Å². The van der Waals surface area contributed by atoms with Crippen LogP contribution in [-0.4, -0.2) is 23.1 Å². The fourth-order valence-corrected chi connectivity index (χ4v) is 2.33. The first kappa shape index (κ1) is 14.4. The topological polar surface area (TPSA) is 75.6 Å². The van der Waals surface area contributed by atoms with E-state index in [2.05, 4.69) is 5.32 Å². The monoisotopic (exact) mass is 277 g/mol. The van der Waals surface area contributed by atoms with Gasteiger partial charge in [0.2, 0.25) is 5.91 Å². The van der Waals surface area contributed by atoms with Crippen LogP contribution < -0.4 is 10.1 Å². The second-order valence-electron chi connectivity index (χ2n) is 5.31. The second kappa shape index (κ2) is 5.94. The third-order valence-corrected chi connectivity index (χ3v) is 3.25. The van der Waals surface area contributed by atoms with Gasteiger partial charge in [0.05, 0.1) is 6.10 Å². The largest absolute Gasteiger partial charge is 0.491 e. The third kappa shape index (κ3) is 3.50. The maximum absolute atomic E-state index is 11.9. The summed E-state index contributed by atoms with van der Waals surface area (Å²) in [5.74, 6) is -0.489. The molecule has 2 rings (SSSR count). The van der Waals surface area contributed by atoms with Gasteiger partial charge in [-0.15, -0.1) is 0 Å². The number of anilines is 1. The summed E-state index contributed by atoms with van der Waals surface area (Å²) in [6.45, 7) is 3.91. The Kier molecular flexibility index (Phi) is 4.27. The van der Waals surface area contributed by atoms with Gasteiger partial charge in [0.15, 0.2) is 0 Å². The molecule has 0 aliphatic carbocycles. The maximum atomic E-state index is 11.9. The summed E-state index contributed by atoms with van der Waals surface area (Å²) in [6.07, 6.45) is 1.02. The van der Waals surface area contributed by atoms with Crippen LogP contribution in [0.3, 0.4) is 0 Å². The van der Waals surface area contributed by atoms with E-state index in [0.29, 0.717) is 12.8 Å². The highest BCUT2D eigenvalue weighted by Gasteiger charge is 2.26. The molecule has 0 fully saturated rings. The number of aliphatic carboxylic acids is 1. The van der Waals surface area contributed by atoms with Gasteiger partial charge in [-0.1, -0.05) is 0 Å². The van der Waals surface area contributed by atoms with Crippen LogP contribution >= 0.6 is 0 Å². The molecule has 0 aromatic heterocycles. The van der Waals surface area contributed by atoms with Crippen molar-refractivity contribution in [3.8, 4) is 5.75 Å². The molecule has 5 nitrogen and oxygen atoms in total. The van der Waals surface area contributed by atoms with Crippen LogP contribution in [0, 0.1) is 5.92 Å². The van der Waals surface area contributed by atoms with Crippen LogP contribution in [0.15, 0.2) is 18.2 Å². The van der Waals surface area contributed by atoms with E-state index >= 15 is 0 Å². The summed E-state index contributed by atoms with van der Waals surface area (Å²) in [7, 11) is 0. The van der Waals surface area contributed by atoms with Gasteiger partial charge in [0.25, 0.3) is 0 Å². The van der Waals surface area contributed by atoms with Gasteiger partial charge < -0.3 is 15.2 Å². The van der Waals surface area contributed by atoms with Crippen molar-refractivity contribution in [2.24, 2.45) is 5.92 Å². The third-order valence-electron chi connectivity index (χ3n) is 3.25. The lowest BCUT2D eigenvalue weighted by Gasteiger charge is -2.25. The van der Waals surface area contributed by atoms with E-state index in [9.17, 15) is 9.59 Å². The summed E-state index contributed by atoms with van der Waals surface area (Å²) in [5.41, 5.74) is 1.79. The van der Waals surface area contributed by atoms with Crippen molar-refractivity contribution in [3.05, 3.63) is 23.8 Å². The van der Waals surface area contributed by atoms with Crippen LogP contribution in [0.5, 0.6) is 5.75 Å². The summed E-state index contributed by atoms with van der Waals surface area (Å²) in [4.78, 5) is 22.5. The lowest BCUT2D eigenvalue weighted by molar-refractivity contribution is -0.137. The Bertz CT molecular complexity index is 525. The number of nitrogens with one attached hydrogen (secondary N) is 1. The fraction of sp³-hybridized carbons (Fsp3) is 0.467. The molecule has 5 heteroatoms. The van der Waals surface area contributed by atoms with Crippen molar-refractivity contribution in [2.45, 2.75) is 39.2 Å². The molecule has 0 radical (unpaired) electrons. The fourth-order valence-electron chi connectivity index (χ4n) is 2.33. The molecule has 1 unspecified atom stereocenters. The van der Waals surface area contributed by atoms with E-state index in [4.69, 9.17) is 9.84 Å². The minimum Gasteiger partial charge on any atom is -0.491 e. The number of ether oxygens (including phenoxy) is 1. The summed E-state index contributed by atoms with van der Waals surface area (Å²) >= 11 is 0. The quantitative estimate of drug-likeness (QED) is 0.866. The van der Waals surface area contributed by atoms with Gasteiger partial charge in [-0.25, -0.2) is 0 Å². The van der Waals surface area contributed by atoms with Crippen molar-refractivity contribution < 1.29 is 19.4 Å². The first-order valence-corrected chi connectivity index (χ1v) is 6.78. The van der Waals surface area contributed by atoms with Gasteiger partial charge in [-0.05, 0) is 50.5 Å². The van der Waals surface area contributed by atoms with Gasteiger partial charge in [0.1, 0.15) is 5.75 Å². The molecule has 1 amide bonds. The Labute approximate surface area is 117 Å². The molecule has 108 valence electrons. The molecule has 20 heavy (non-hydrogen) atoms. The standard InChI is InChI=1S/C15H19NO4/c1-9(2)20-12-4-5-13-11(8-12)7-10(15(19)16-13)3-6-14(17)18/h4-5,8-10H,3,6-7H2,1-2H3,(H,16,19)(H,17,18). The highest BCUT2D eigenvalue weighted by atomic mass is 16.5. The van der Waals surface area contributed by atoms with E-state index in [0.717, 1.165) is 17.0 Å². The molecule has 1 aromatic rings. The zero-order valence-corrected chi connectivity index (χ0v) is 11.7. The van der Waals surface area contributed by atoms with E-state index in [1.165, 1.54) is 0 Å². The number of rotatable bonds is 5. The lowest BCUT2D eigenvalue weighted by Crippen LogP contribution is -2.30. The second-order valence-corrected chi connectivity index (χ2v) is 5.31. The molecular weight excluding hydrogens is 258 g/mol. The average molecular weight is 277 g/mol. The van der Waals surface area contributed by atoms with Crippen molar-refractivity contribution in [1.82, 2.24) is 0 Å². The summed E-state index contributed by atoms with van der Waals surface area (Å²) < 4.78 is 5.63. The highest BCUT2D eigenvalue weighted by Crippen LogP contribution is 2.31. The number of hydrogen-bond acceptors (Lipinski definition) is 3. The first-order valence-electron chi connectivity index (χ1n) is 6.78. The Morgan fingerprint density at radius 2 is 2.25 bits per heavy atom. The van der Waals surface area contributed by atoms with E-state index in [-0.39, 0.29) is 24.3 Å². The molecule has 1 aromatic carbocycles. The number of benzene rings is 1. The van der Waals surface area contributed by atoms with Gasteiger partial charge in [0, 0.05) is 18.0 Å². The van der Waals surface area contributed by atoms with Crippen molar-refractivity contribution in [2.75, 3.05) is 5.32 Å². The molecule has 1 aliphatic rings. The lowest BCUT2D eigenvalue weighted by atomic mass is 9.89. The normalized spacial score (nSPS) is 17.6. The van der Waals surface area contributed by atoms with Crippen LogP contribution in [0.2, 0.25) is 0 Å². The predicted octanol–water partition coefficient (Wildman–Crippen LogP) is 2.45. The number of amides is 1. The van der Waals surface area contributed by atoms with E-state index in [1.807, 2.05) is 32.0 Å². The number of carboxylic acid groups (broad SMARTS) is 1. The molecule has 0 bridgehead atoms. The Hall–Kier alpha value is -2.04. The summed E-state index contributed by atoms with van der Waals surface area (Å²) in [5, 5.41) is 11.5. The molecule has 2 N–H and O–H groups in total. The van der Waals surface area contributed by atoms with Crippen LogP contribution in [0.4, 0.5) is 5.69 Å². The van der Waals surface area contributed by atoms with Crippen LogP contribution in [0.25, 0.3) is 0 Å². The van der Waals surface area contributed by atoms with E-state index < -0.39 is 5.97 Å². The van der Waals surface area contributed by atoms with Crippen molar-refractivity contribution in [3.63, 3.8) is 0 Å². The predicted molar refractivity (Wildman–Crippen MR) is 74.9 cm³/mol. The minimum atomic E-state index is -0.875. The zero-order chi connectivity index (χ0) is 14.7. The average Bonchev–Trinajstić information content (AvgIpc) is 2.36. The van der Waals surface area contributed by atoms with E-state index in [1.54, 1.807) is 0 Å². The molecule has 0 saturated heterocycles. The molecule has 0 saturated carbocycles. The molecule has 1 heterocycles. The van der Waals surface area contributed by atoms with Crippen LogP contribution in [0.1, 0.15) is 32.3 Å². The number of fused-ring (bicyclic) bond motifs is 1. The van der Waals surface area contributed by atoms with Gasteiger partial charge >= 0.3 is 5.97 Å². The van der Waals surface area contributed by atoms with Gasteiger partial charge in [-0.2, -0.15) is 0 Å². The number of carboxylic acids is 1. The Morgan fingerprint density at radius 3 is 2.90 bits per heavy atom. The summed E-state index contributed by atoms with van der Waals surface area (Å²) in [6, 6.07) is 5.58. The molecule has 1 aliphatic heterocycles. The number of carbonyl (C=O) groups excluding carboxylic acids is 1. The Morgan fingerprint density at radius 1 is 1.50 bits per heavy atom. The smallest absolute Gasteiger partial charge is 0.303 e. The molecule has 0 spiro atoms. The molecular formula is C15H19NO4. The van der Waals surface area contributed by atoms with Crippen molar-refractivity contribution >= 4 is 17.6 Å². The van der Waals surface area contributed by atoms with Crippen molar-refractivity contribution in [1.29, 1.82) is 0 Å². The highest BCUT2D eigenvalue weighted by molar-refractivity contribution is 5.96.